The zero-order valence-corrected chi connectivity index (χ0v) is 56.1. The molecule has 16 rings (SSSR count). The van der Waals surface area contributed by atoms with Crippen LogP contribution in [0, 0.1) is 5.41 Å². The molecule has 4 nitrogen and oxygen atoms in total. The van der Waals surface area contributed by atoms with Gasteiger partial charge in [0.15, 0.2) is 0 Å². The number of benzene rings is 11. The smallest absolute Gasteiger partial charge is 0.252 e. The summed E-state index contributed by atoms with van der Waals surface area (Å²) >= 11 is 0. The van der Waals surface area contributed by atoms with Crippen LogP contribution in [0.2, 0.25) is 0 Å². The maximum Gasteiger partial charge on any atom is 0.252 e. The number of nitrogens with zero attached hydrogens (tertiary/aromatic N) is 4. The van der Waals surface area contributed by atoms with Crippen molar-refractivity contribution >= 4 is 90.7 Å². The highest BCUT2D eigenvalue weighted by Crippen LogP contribution is 2.51. The lowest BCUT2D eigenvalue weighted by atomic mass is 9.33. The molecule has 5 aliphatic rings. The van der Waals surface area contributed by atoms with Gasteiger partial charge in [-0.3, -0.25) is 0 Å². The Bertz CT molecular complexity index is 4650. The normalized spacial score (nSPS) is 16.1. The van der Waals surface area contributed by atoms with Gasteiger partial charge in [0.25, 0.3) is 6.71 Å². The van der Waals surface area contributed by atoms with Crippen LogP contribution < -0.4 is 36.0 Å². The summed E-state index contributed by atoms with van der Waals surface area (Å²) in [5.41, 5.74) is 32.3. The molecule has 11 aromatic rings. The Kier molecular flexibility index (Phi) is 14.3. The van der Waals surface area contributed by atoms with E-state index in [0.717, 1.165) is 87.2 Å². The Morgan fingerprint density at radius 2 is 0.978 bits per heavy atom. The van der Waals surface area contributed by atoms with E-state index >= 15 is 0 Å². The quantitative estimate of drug-likeness (QED) is 0.107. The van der Waals surface area contributed by atoms with Gasteiger partial charge in [0, 0.05) is 64.3 Å². The summed E-state index contributed by atoms with van der Waals surface area (Å²) in [5.74, 6) is 0. The van der Waals surface area contributed by atoms with Crippen molar-refractivity contribution in [3.8, 4) is 11.1 Å². The molecule has 0 aromatic heterocycles. The molecule has 0 bridgehead atoms. The van der Waals surface area contributed by atoms with Crippen molar-refractivity contribution in [2.24, 2.45) is 5.41 Å². The SMILES string of the molecule is CC1(C)Cc2cccc(CCN3c4cc(N(c5ccccc5)c5cc6c7c(cccc7c5)CCC6)ccc4B4c5cc6c(cc5N(CCc5ccc(C(C)(C)C)cc5-c5ccccc5)c5cc(N(c7ccccc7)c7ccccc7)cc3c54)C(C)(C)CCC6(C)C)c2C1. The second-order valence-corrected chi connectivity index (χ2v) is 30.8. The number of fused-ring (bicyclic) bond motifs is 6. The van der Waals surface area contributed by atoms with Crippen molar-refractivity contribution in [1.82, 2.24) is 0 Å². The molecular weight excluding hydrogens is 1120 g/mol. The highest BCUT2D eigenvalue weighted by Gasteiger charge is 2.47. The molecular formula is C88H87BN4. The monoisotopic (exact) mass is 1210 g/mol. The third-order valence-electron chi connectivity index (χ3n) is 22.0. The van der Waals surface area contributed by atoms with Crippen LogP contribution in [0.3, 0.4) is 0 Å². The summed E-state index contributed by atoms with van der Waals surface area (Å²) in [6.07, 6.45) is 9.67. The van der Waals surface area contributed by atoms with Gasteiger partial charge in [-0.2, -0.15) is 0 Å². The zero-order chi connectivity index (χ0) is 63.5. The minimum absolute atomic E-state index is 0.00174. The van der Waals surface area contributed by atoms with Crippen LogP contribution >= 0.6 is 0 Å². The fraction of sp³-hybridized carbons (Fsp3) is 0.273. The number of hydrogen-bond acceptors (Lipinski definition) is 4. The van der Waals surface area contributed by atoms with Crippen molar-refractivity contribution in [1.29, 1.82) is 0 Å². The molecule has 0 amide bonds. The molecule has 0 atom stereocenters. The van der Waals surface area contributed by atoms with Gasteiger partial charge >= 0.3 is 0 Å². The first-order valence-electron chi connectivity index (χ1n) is 34.6. The fourth-order valence-corrected chi connectivity index (χ4v) is 17.1. The van der Waals surface area contributed by atoms with Gasteiger partial charge in [-0.05, 0) is 247 Å². The van der Waals surface area contributed by atoms with Gasteiger partial charge in [-0.15, -0.1) is 0 Å². The molecule has 462 valence electrons. The van der Waals surface area contributed by atoms with Crippen molar-refractivity contribution in [2.45, 2.75) is 136 Å². The summed E-state index contributed by atoms with van der Waals surface area (Å²) in [4.78, 5) is 10.7. The first kappa shape index (κ1) is 59.0. The lowest BCUT2D eigenvalue weighted by Crippen LogP contribution is -2.63. The summed E-state index contributed by atoms with van der Waals surface area (Å²) in [6, 6.07) is 89.2. The fourth-order valence-electron chi connectivity index (χ4n) is 17.1. The third kappa shape index (κ3) is 10.5. The standard InChI is InChI=1S/C88H87BN4/c1-85(2,3)66-40-39-61(73(51-66)59-25-14-10-15-26-59)44-48-91-80-56-76-75(87(6,7)45-46-88(76,8)9)55-78(80)89-77-42-41-70(93(69-37-20-13-21-38-69)71-49-63-30-23-28-62-29-24-31-64(50-71)83(62)63)52-79(77)90(47-43-60-27-22-32-65-57-86(4,5)58-74(60)65)81-53-72(54-82(91)84(81)89)92(67-33-16-11-17-34-67)68-35-18-12-19-36-68/h10-23,25-28,30,32-42,49-56H,24,29,31,43-48,57-58H2,1-9H3. The average molecular weight is 1210 g/mol. The minimum Gasteiger partial charge on any atom is -0.342 e. The van der Waals surface area contributed by atoms with Crippen molar-refractivity contribution in [2.75, 3.05) is 32.7 Å². The van der Waals surface area contributed by atoms with E-state index in [1.807, 2.05) is 0 Å². The molecule has 11 aromatic carbocycles. The molecule has 0 spiro atoms. The molecule has 93 heavy (non-hydrogen) atoms. The molecule has 0 fully saturated rings. The molecule has 5 heteroatoms. The van der Waals surface area contributed by atoms with Crippen LogP contribution in [0.15, 0.2) is 231 Å². The average Bonchev–Trinajstić information content (AvgIpc) is 1.10. The topological polar surface area (TPSA) is 13.0 Å². The van der Waals surface area contributed by atoms with Gasteiger partial charge in [-0.1, -0.05) is 214 Å². The Balaban J connectivity index is 0.970. The second kappa shape index (κ2) is 22.6. The van der Waals surface area contributed by atoms with Crippen molar-refractivity contribution in [3.63, 3.8) is 0 Å². The van der Waals surface area contributed by atoms with Gasteiger partial charge in [0.05, 0.1) is 5.69 Å². The molecule has 3 aliphatic carbocycles. The number of hydrogen-bond donors (Lipinski definition) is 0. The first-order chi connectivity index (χ1) is 44.9. The van der Waals surface area contributed by atoms with Gasteiger partial charge in [0.2, 0.25) is 0 Å². The van der Waals surface area contributed by atoms with E-state index < -0.39 is 0 Å². The number of anilines is 10. The van der Waals surface area contributed by atoms with Crippen LogP contribution in [0.25, 0.3) is 21.9 Å². The maximum absolute atomic E-state index is 2.80. The number of para-hydroxylation sites is 3. The Hall–Kier alpha value is -9.06. The summed E-state index contributed by atoms with van der Waals surface area (Å²) in [7, 11) is 0. The predicted molar refractivity (Wildman–Crippen MR) is 398 cm³/mol. The lowest BCUT2D eigenvalue weighted by Gasteiger charge is -2.48. The van der Waals surface area contributed by atoms with Crippen LogP contribution in [0.1, 0.15) is 132 Å². The van der Waals surface area contributed by atoms with E-state index in [0.29, 0.717) is 0 Å². The largest absolute Gasteiger partial charge is 0.342 e. The van der Waals surface area contributed by atoms with E-state index in [4.69, 9.17) is 0 Å². The van der Waals surface area contributed by atoms with E-state index in [2.05, 4.69) is 312 Å². The van der Waals surface area contributed by atoms with Crippen LogP contribution in [-0.4, -0.2) is 19.8 Å². The molecule has 0 saturated carbocycles. The van der Waals surface area contributed by atoms with Crippen LogP contribution in [-0.2, 0) is 54.8 Å². The highest BCUT2D eigenvalue weighted by atomic mass is 15.2. The molecule has 0 radical (unpaired) electrons. The van der Waals surface area contributed by atoms with Crippen molar-refractivity contribution in [3.05, 3.63) is 281 Å². The second-order valence-electron chi connectivity index (χ2n) is 30.8. The maximum atomic E-state index is 2.80. The Morgan fingerprint density at radius 3 is 1.62 bits per heavy atom. The van der Waals surface area contributed by atoms with Gasteiger partial charge in [-0.25, -0.2) is 0 Å². The van der Waals surface area contributed by atoms with Crippen molar-refractivity contribution < 1.29 is 0 Å². The Morgan fingerprint density at radius 1 is 0.430 bits per heavy atom. The van der Waals surface area contributed by atoms with Crippen LogP contribution in [0.5, 0.6) is 0 Å². The molecule has 2 heterocycles. The minimum atomic E-state index is -0.0508. The molecule has 0 saturated heterocycles. The molecule has 2 aliphatic heterocycles. The lowest BCUT2D eigenvalue weighted by molar-refractivity contribution is 0.332. The zero-order valence-electron chi connectivity index (χ0n) is 56.1. The molecule has 0 N–H and O–H groups in total. The molecule has 0 unspecified atom stereocenters. The van der Waals surface area contributed by atoms with E-state index in [-0.39, 0.29) is 28.4 Å². The summed E-state index contributed by atoms with van der Waals surface area (Å²) in [5, 5.41) is 2.77. The first-order valence-corrected chi connectivity index (χ1v) is 34.6. The Labute approximate surface area is 553 Å². The number of rotatable bonds is 13. The van der Waals surface area contributed by atoms with Crippen LogP contribution in [0.4, 0.5) is 56.9 Å². The van der Waals surface area contributed by atoms with E-state index in [1.54, 1.807) is 5.56 Å². The highest BCUT2D eigenvalue weighted by molar-refractivity contribution is 7.00. The van der Waals surface area contributed by atoms with Gasteiger partial charge in [0.1, 0.15) is 0 Å². The summed E-state index contributed by atoms with van der Waals surface area (Å²) in [6.45, 7) is 23.5. The predicted octanol–water partition coefficient (Wildman–Crippen LogP) is 20.6. The summed E-state index contributed by atoms with van der Waals surface area (Å²) < 4.78 is 0. The van der Waals surface area contributed by atoms with Gasteiger partial charge < -0.3 is 19.6 Å². The third-order valence-corrected chi connectivity index (χ3v) is 22.0. The number of aryl methyl sites for hydroxylation is 2. The van der Waals surface area contributed by atoms with E-state index in [1.165, 1.54) is 123 Å². The van der Waals surface area contributed by atoms with E-state index in [9.17, 15) is 0 Å².